The summed E-state index contributed by atoms with van der Waals surface area (Å²) in [5.74, 6) is -16.8. The second-order valence-corrected chi connectivity index (χ2v) is 22.3. The predicted molar refractivity (Wildman–Crippen MR) is 325 cm³/mol. The molecule has 6 aromatic heterocycles. The molecule has 2 amide bonds. The number of rotatable bonds is 10. The van der Waals surface area contributed by atoms with Crippen LogP contribution < -0.4 is 32.4 Å². The molecular weight excluding hydrogens is 1230 g/mol. The average molecular weight is 1280 g/mol. The van der Waals surface area contributed by atoms with Gasteiger partial charge in [0.25, 0.3) is 11.1 Å². The predicted octanol–water partition coefficient (Wildman–Crippen LogP) is 10.8. The number of hydrogen-bond donors (Lipinski definition) is 2. The Morgan fingerprint density at radius 3 is 1.18 bits per heavy atom. The number of fused-ring (bicyclic) bond motifs is 2. The molecule has 0 aliphatic carbocycles. The molecule has 0 spiro atoms. The number of carbonyl (C=O) groups is 2. The Morgan fingerprint density at radius 2 is 0.878 bits per heavy atom. The number of anilines is 4. The van der Waals surface area contributed by atoms with Crippen molar-refractivity contribution in [3.8, 4) is 46.0 Å². The number of aryl methyl sites for hydroxylation is 2. The van der Waals surface area contributed by atoms with Crippen LogP contribution in [0, 0.1) is 83.0 Å². The summed E-state index contributed by atoms with van der Waals surface area (Å²) in [5.41, 5.74) is 6.82. The fourth-order valence-electron chi connectivity index (χ4n) is 11.0. The van der Waals surface area contributed by atoms with Crippen molar-refractivity contribution in [1.29, 1.82) is 10.5 Å². The van der Waals surface area contributed by atoms with Gasteiger partial charge in [0.1, 0.15) is 34.6 Å². The molecule has 0 unspecified atom stereocenters. The maximum atomic E-state index is 15.2. The van der Waals surface area contributed by atoms with Crippen LogP contribution in [-0.4, -0.2) is 103 Å². The molecule has 2 fully saturated rings. The number of halogens is 10. The molecule has 8 heterocycles. The van der Waals surface area contributed by atoms with Crippen LogP contribution in [0.4, 0.5) is 57.9 Å². The number of benzene rings is 2. The van der Waals surface area contributed by atoms with E-state index in [1.54, 1.807) is 58.0 Å². The van der Waals surface area contributed by atoms with Crippen LogP contribution in [0.2, 0.25) is 10.0 Å². The number of amides is 2. The van der Waals surface area contributed by atoms with E-state index in [1.165, 1.54) is 24.3 Å². The number of hydrogen-bond acceptors (Lipinski definition) is 14. The lowest BCUT2D eigenvalue weighted by atomic mass is 10.0. The Bertz CT molecular complexity index is 4260. The molecule has 0 bridgehead atoms. The number of pyridine rings is 6. The zero-order valence-corrected chi connectivity index (χ0v) is 50.3. The van der Waals surface area contributed by atoms with Gasteiger partial charge < -0.3 is 31.1 Å². The van der Waals surface area contributed by atoms with Crippen molar-refractivity contribution in [2.75, 3.05) is 73.6 Å². The van der Waals surface area contributed by atoms with Crippen LogP contribution >= 0.6 is 23.2 Å². The van der Waals surface area contributed by atoms with Gasteiger partial charge in [0.2, 0.25) is 11.8 Å². The minimum absolute atomic E-state index is 0.151. The van der Waals surface area contributed by atoms with Gasteiger partial charge in [-0.2, -0.15) is 10.5 Å². The van der Waals surface area contributed by atoms with Crippen LogP contribution in [-0.2, 0) is 9.59 Å². The summed E-state index contributed by atoms with van der Waals surface area (Å²) in [6, 6.07) is 9.86. The van der Waals surface area contributed by atoms with E-state index in [2.05, 4.69) is 33.1 Å². The van der Waals surface area contributed by atoms with Crippen LogP contribution in [0.15, 0.2) is 71.6 Å². The second kappa shape index (κ2) is 25.3. The fraction of sp³-hybridized carbons (Fsp3) is 0.258. The maximum Gasteiger partial charge on any atom is 0.276 e. The van der Waals surface area contributed by atoms with Crippen molar-refractivity contribution in [3.05, 3.63) is 173 Å². The second-order valence-electron chi connectivity index (χ2n) is 21.5. The summed E-state index contributed by atoms with van der Waals surface area (Å²) in [7, 11) is 0. The highest BCUT2D eigenvalue weighted by atomic mass is 35.5. The molecule has 2 aliphatic rings. The number of nitrogens with two attached hydrogens (primary N) is 2. The minimum Gasteiger partial charge on any atom is -0.396 e. The monoisotopic (exact) mass is 1280 g/mol. The lowest BCUT2D eigenvalue weighted by Gasteiger charge is -2.36. The molecule has 2 saturated heterocycles. The highest BCUT2D eigenvalue weighted by Crippen LogP contribution is 2.44. The van der Waals surface area contributed by atoms with Gasteiger partial charge >= 0.3 is 0 Å². The summed E-state index contributed by atoms with van der Waals surface area (Å²) < 4.78 is 119. The zero-order valence-electron chi connectivity index (χ0n) is 48.8. The Labute approximate surface area is 517 Å². The van der Waals surface area contributed by atoms with E-state index in [9.17, 15) is 56.0 Å². The van der Waals surface area contributed by atoms with E-state index in [0.717, 1.165) is 9.13 Å². The molecular formula is C62H52Cl2F8N14O4. The molecule has 0 saturated carbocycles. The van der Waals surface area contributed by atoms with Gasteiger partial charge in [-0.25, -0.2) is 45.1 Å². The number of nitrogens with zero attached hydrogens (tertiary/aromatic N) is 12. The third-order valence-electron chi connectivity index (χ3n) is 15.5. The number of nitriles is 2. The van der Waals surface area contributed by atoms with Gasteiger partial charge in [-0.1, -0.05) is 64.1 Å². The van der Waals surface area contributed by atoms with Gasteiger partial charge in [-0.3, -0.25) is 38.3 Å². The van der Waals surface area contributed by atoms with E-state index >= 15 is 8.78 Å². The first-order chi connectivity index (χ1) is 42.7. The topological polar surface area (TPSA) is 242 Å². The smallest absolute Gasteiger partial charge is 0.276 e. The first kappa shape index (κ1) is 64.6. The van der Waals surface area contributed by atoms with Crippen LogP contribution in [0.5, 0.6) is 0 Å². The highest BCUT2D eigenvalue weighted by molar-refractivity contribution is 6.34. The molecule has 0 radical (unpaired) electrons. The first-order valence-electron chi connectivity index (χ1n) is 27.5. The van der Waals surface area contributed by atoms with Crippen molar-refractivity contribution in [3.63, 3.8) is 0 Å². The zero-order chi connectivity index (χ0) is 65.8. The molecule has 90 heavy (non-hydrogen) atoms. The maximum absolute atomic E-state index is 15.2. The van der Waals surface area contributed by atoms with E-state index in [-0.39, 0.29) is 142 Å². The summed E-state index contributed by atoms with van der Waals surface area (Å²) in [5, 5.41) is 20.3. The van der Waals surface area contributed by atoms with Crippen LogP contribution in [0.25, 0.3) is 56.0 Å². The lowest BCUT2D eigenvalue weighted by Crippen LogP contribution is -2.49. The van der Waals surface area contributed by atoms with Gasteiger partial charge in [0, 0.05) is 75.5 Å². The Hall–Kier alpha value is -9.92. The molecule has 2 aliphatic heterocycles. The summed E-state index contributed by atoms with van der Waals surface area (Å²) in [6.07, 6.45) is 5.49. The number of nitrogen functional groups attached to an aromatic ring is 2. The molecule has 18 nitrogen and oxygen atoms in total. The van der Waals surface area contributed by atoms with Crippen molar-refractivity contribution in [2.24, 2.45) is 0 Å². The van der Waals surface area contributed by atoms with Crippen molar-refractivity contribution in [2.45, 2.75) is 53.4 Å². The van der Waals surface area contributed by atoms with Gasteiger partial charge in [-0.05, 0) is 73.2 Å². The van der Waals surface area contributed by atoms with E-state index in [1.807, 2.05) is 39.8 Å². The molecule has 2 aromatic carbocycles. The molecule has 10 rings (SSSR count). The fourth-order valence-corrected chi connectivity index (χ4v) is 11.5. The third-order valence-corrected chi connectivity index (χ3v) is 16.0. The summed E-state index contributed by atoms with van der Waals surface area (Å²) >= 11 is 13.2. The quantitative estimate of drug-likeness (QED) is 0.0426. The first-order valence-corrected chi connectivity index (χ1v) is 28.3. The van der Waals surface area contributed by atoms with Gasteiger partial charge in [-0.15, -0.1) is 0 Å². The van der Waals surface area contributed by atoms with E-state index in [0.29, 0.717) is 22.5 Å². The summed E-state index contributed by atoms with van der Waals surface area (Å²) in [4.78, 5) is 77.4. The third kappa shape index (κ3) is 10.9. The molecule has 4 N–H and O–H groups in total. The van der Waals surface area contributed by atoms with Crippen molar-refractivity contribution in [1.82, 2.24) is 38.9 Å². The van der Waals surface area contributed by atoms with Crippen LogP contribution in [0.1, 0.15) is 73.2 Å². The summed E-state index contributed by atoms with van der Waals surface area (Å²) in [6.45, 7) is 19.7. The normalized spacial score (nSPS) is 13.4. The number of carbonyl (C=O) groups excluding carboxylic acids is 2. The Kier molecular flexibility index (Phi) is 18.1. The Balaban J connectivity index is 0.000000213. The minimum atomic E-state index is -2.12. The van der Waals surface area contributed by atoms with E-state index < -0.39 is 91.5 Å². The molecule has 464 valence electrons. The molecule has 0 atom stereocenters. The Morgan fingerprint density at radius 1 is 0.556 bits per heavy atom. The van der Waals surface area contributed by atoms with Crippen molar-refractivity contribution >= 4 is 79.8 Å². The largest absolute Gasteiger partial charge is 0.396 e. The van der Waals surface area contributed by atoms with Crippen LogP contribution in [0.3, 0.4) is 0 Å². The molecule has 28 heteroatoms. The number of piperazine rings is 2. The molecule has 8 aromatic rings. The van der Waals surface area contributed by atoms with E-state index in [4.69, 9.17) is 34.7 Å². The SMILES string of the molecule is C=CC(=O)N1CCN(c2c(C#N)c(=O)n(-c3c(C)ccnc3C(C)C)c3nc(-c4c(N)c(F)c(F)c(F)c4F)c(Cl)cc23)CC1.C=CC(=O)N1CCN(c2c(C#N)c(=O)n(-c3c(C)ccnc3C(C)C)c3nc(-c4c(N)c(F)c(F)c(F)c4F)c(Cl)cc23)CC1. The van der Waals surface area contributed by atoms with Gasteiger partial charge in [0.05, 0.1) is 78.1 Å². The lowest BCUT2D eigenvalue weighted by molar-refractivity contribution is -0.127. The number of aromatic nitrogens is 6. The highest BCUT2D eigenvalue weighted by Gasteiger charge is 2.35. The van der Waals surface area contributed by atoms with Gasteiger partial charge in [0.15, 0.2) is 46.5 Å². The van der Waals surface area contributed by atoms with Crippen molar-refractivity contribution < 1.29 is 44.7 Å². The average Bonchev–Trinajstić information content (AvgIpc) is 0.747. The standard InChI is InChI=1S/2C31H26ClF4N7O2/c2*1-5-19(44)41-8-10-42(11-9-41)29-16-12-18(32)27(20-21(33)22(34)23(35)24(36)25(20)38)40-30(16)43(31(45)17(29)13-37)28-15(4)6-7-39-26(28)14(2)3/h2*5-7,12,14H,1,8-11,38H2,2-4H3.